The summed E-state index contributed by atoms with van der Waals surface area (Å²) in [5.41, 5.74) is 4.43. The first-order valence-corrected chi connectivity index (χ1v) is 8.95. The maximum absolute atomic E-state index is 12.3. The van der Waals surface area contributed by atoms with Crippen LogP contribution in [0.3, 0.4) is 0 Å². The van der Waals surface area contributed by atoms with Gasteiger partial charge in [0, 0.05) is 10.4 Å². The van der Waals surface area contributed by atoms with Crippen LogP contribution < -0.4 is 10.6 Å². The number of hydrogen-bond donors (Lipinski definition) is 2. The number of benzene rings is 1. The Morgan fingerprint density at radius 2 is 1.96 bits per heavy atom. The largest absolute Gasteiger partial charge is 0.323 e. The molecule has 1 aromatic carbocycles. The Balaban J connectivity index is 1.72. The molecule has 4 nitrogen and oxygen atoms in total. The molecule has 0 fully saturated rings. The molecule has 2 N–H and O–H groups in total. The van der Waals surface area contributed by atoms with Gasteiger partial charge >= 0.3 is 0 Å². The molecule has 24 heavy (non-hydrogen) atoms. The topological polar surface area (TPSA) is 64.9 Å². The van der Waals surface area contributed by atoms with Crippen LogP contribution in [0.4, 0.5) is 5.00 Å². The molecule has 0 atom stereocenters. The maximum Gasteiger partial charge on any atom is 0.257 e. The normalized spacial score (nSPS) is 12.4. The first kappa shape index (κ1) is 16.6. The summed E-state index contributed by atoms with van der Waals surface area (Å²) >= 11 is 6.80. The zero-order valence-corrected chi connectivity index (χ0v) is 15.2. The van der Waals surface area contributed by atoms with Crippen molar-refractivity contribution in [3.63, 3.8) is 0 Å². The van der Waals surface area contributed by atoms with E-state index in [1.165, 1.54) is 4.88 Å². The molecule has 2 aromatic rings. The molecule has 1 amide bonds. The van der Waals surface area contributed by atoms with Crippen molar-refractivity contribution in [3.8, 4) is 6.07 Å². The predicted molar refractivity (Wildman–Crippen MR) is 101 cm³/mol. The van der Waals surface area contributed by atoms with Gasteiger partial charge < -0.3 is 5.32 Å². The quantitative estimate of drug-likeness (QED) is 0.803. The van der Waals surface area contributed by atoms with E-state index in [4.69, 9.17) is 12.2 Å². The number of aryl methyl sites for hydroxylation is 3. The van der Waals surface area contributed by atoms with E-state index in [2.05, 4.69) is 16.7 Å². The number of rotatable bonds is 2. The second kappa shape index (κ2) is 6.71. The Labute approximate surface area is 150 Å². The number of nitrogens with zero attached hydrogens (tertiary/aromatic N) is 1. The first-order chi connectivity index (χ1) is 11.5. The third-order valence-corrected chi connectivity index (χ3v) is 5.38. The summed E-state index contributed by atoms with van der Waals surface area (Å²) in [5, 5.41) is 16.0. The van der Waals surface area contributed by atoms with E-state index in [0.29, 0.717) is 11.1 Å². The van der Waals surface area contributed by atoms with Crippen molar-refractivity contribution in [2.45, 2.75) is 33.1 Å². The van der Waals surface area contributed by atoms with Crippen LogP contribution in [0.2, 0.25) is 0 Å². The molecule has 0 spiro atoms. The summed E-state index contributed by atoms with van der Waals surface area (Å²) in [6, 6.07) is 7.92. The van der Waals surface area contributed by atoms with Crippen LogP contribution in [0.1, 0.15) is 43.9 Å². The highest BCUT2D eigenvalue weighted by atomic mass is 32.1. The Hall–Kier alpha value is -2.23. The lowest BCUT2D eigenvalue weighted by Crippen LogP contribution is -2.34. The smallest absolute Gasteiger partial charge is 0.257 e. The summed E-state index contributed by atoms with van der Waals surface area (Å²) in [6.45, 7) is 3.90. The number of anilines is 1. The van der Waals surface area contributed by atoms with E-state index in [1.54, 1.807) is 11.3 Å². The van der Waals surface area contributed by atoms with Gasteiger partial charge in [-0.2, -0.15) is 5.26 Å². The molecule has 0 bridgehead atoms. The number of fused-ring (bicyclic) bond motifs is 1. The molecule has 122 valence electrons. The average Bonchev–Trinajstić information content (AvgIpc) is 3.06. The van der Waals surface area contributed by atoms with Crippen molar-refractivity contribution in [3.05, 3.63) is 50.9 Å². The van der Waals surface area contributed by atoms with Gasteiger partial charge in [-0.05, 0) is 63.0 Å². The molecule has 1 aliphatic rings. The zero-order valence-electron chi connectivity index (χ0n) is 13.5. The van der Waals surface area contributed by atoms with E-state index in [0.717, 1.165) is 41.0 Å². The maximum atomic E-state index is 12.3. The van der Waals surface area contributed by atoms with Crippen LogP contribution in [0.25, 0.3) is 0 Å². The van der Waals surface area contributed by atoms with Crippen LogP contribution in [0.5, 0.6) is 0 Å². The van der Waals surface area contributed by atoms with E-state index >= 15 is 0 Å². The van der Waals surface area contributed by atoms with Crippen molar-refractivity contribution in [2.75, 3.05) is 5.32 Å². The molecular weight excluding hydrogens is 338 g/mol. The van der Waals surface area contributed by atoms with Crippen molar-refractivity contribution in [1.82, 2.24) is 5.32 Å². The van der Waals surface area contributed by atoms with Gasteiger partial charge in [-0.3, -0.25) is 10.1 Å². The molecule has 0 unspecified atom stereocenters. The van der Waals surface area contributed by atoms with Crippen LogP contribution in [-0.2, 0) is 12.8 Å². The highest BCUT2D eigenvalue weighted by Crippen LogP contribution is 2.38. The molecule has 0 saturated heterocycles. The number of carbonyl (C=O) groups excluding carboxylic acids is 1. The fraction of sp³-hybridized carbons (Fsp3) is 0.278. The lowest BCUT2D eigenvalue weighted by atomic mass is 10.1. The molecule has 0 saturated carbocycles. The highest BCUT2D eigenvalue weighted by Gasteiger charge is 2.22. The van der Waals surface area contributed by atoms with Gasteiger partial charge in [0.25, 0.3) is 5.91 Å². The first-order valence-electron chi connectivity index (χ1n) is 7.73. The van der Waals surface area contributed by atoms with E-state index in [-0.39, 0.29) is 11.0 Å². The van der Waals surface area contributed by atoms with E-state index in [1.807, 2.05) is 32.0 Å². The van der Waals surface area contributed by atoms with Gasteiger partial charge in [-0.1, -0.05) is 17.2 Å². The lowest BCUT2D eigenvalue weighted by Gasteiger charge is -2.10. The number of nitrogens with one attached hydrogen (secondary N) is 2. The summed E-state index contributed by atoms with van der Waals surface area (Å²) in [4.78, 5) is 13.6. The van der Waals surface area contributed by atoms with Crippen LogP contribution in [0, 0.1) is 25.2 Å². The minimum absolute atomic E-state index is 0.218. The Bertz CT molecular complexity index is 857. The number of nitriles is 1. The summed E-state index contributed by atoms with van der Waals surface area (Å²) < 4.78 is 0. The summed E-state index contributed by atoms with van der Waals surface area (Å²) in [5.74, 6) is -0.248. The number of thiocarbonyl (C=S) groups is 1. The second-order valence-electron chi connectivity index (χ2n) is 5.96. The number of thiophene rings is 1. The minimum Gasteiger partial charge on any atom is -0.323 e. The van der Waals surface area contributed by atoms with Crippen molar-refractivity contribution in [2.24, 2.45) is 0 Å². The van der Waals surface area contributed by atoms with Crippen molar-refractivity contribution in [1.29, 1.82) is 5.26 Å². The monoisotopic (exact) mass is 355 g/mol. The van der Waals surface area contributed by atoms with E-state index < -0.39 is 0 Å². The van der Waals surface area contributed by atoms with E-state index in [9.17, 15) is 10.1 Å². The third-order valence-electron chi connectivity index (χ3n) is 3.97. The third kappa shape index (κ3) is 3.32. The van der Waals surface area contributed by atoms with Crippen molar-refractivity contribution < 1.29 is 4.79 Å². The van der Waals surface area contributed by atoms with Crippen LogP contribution >= 0.6 is 23.6 Å². The predicted octanol–water partition coefficient (Wildman–Crippen LogP) is 3.85. The molecule has 0 aliphatic heterocycles. The Kier molecular flexibility index (Phi) is 4.65. The highest BCUT2D eigenvalue weighted by molar-refractivity contribution is 7.80. The molecule has 1 aromatic heterocycles. The minimum atomic E-state index is -0.248. The lowest BCUT2D eigenvalue weighted by molar-refractivity contribution is 0.0977. The Morgan fingerprint density at radius 3 is 2.62 bits per heavy atom. The standard InChI is InChI=1S/C18H17N3OS2/c1-10-6-11(2)8-12(7-10)16(22)20-18(23)21-17-14(9-19)13-4-3-5-15(13)24-17/h6-8H,3-5H2,1-2H3,(H2,20,21,22,23). The summed E-state index contributed by atoms with van der Waals surface area (Å²) in [6.07, 6.45) is 3.06. The van der Waals surface area contributed by atoms with Gasteiger partial charge in [0.2, 0.25) is 0 Å². The SMILES string of the molecule is Cc1cc(C)cc(C(=O)NC(=S)Nc2sc3c(c2C#N)CCC3)c1. The number of amides is 1. The van der Waals surface area contributed by atoms with Gasteiger partial charge in [-0.15, -0.1) is 11.3 Å². The molecule has 6 heteroatoms. The van der Waals surface area contributed by atoms with Gasteiger partial charge in [0.15, 0.2) is 5.11 Å². The van der Waals surface area contributed by atoms with Crippen molar-refractivity contribution >= 4 is 39.6 Å². The molecule has 0 radical (unpaired) electrons. The number of carbonyl (C=O) groups is 1. The molecular formula is C18H17N3OS2. The molecule has 1 aliphatic carbocycles. The van der Waals surface area contributed by atoms with Crippen LogP contribution in [0.15, 0.2) is 18.2 Å². The summed E-state index contributed by atoms with van der Waals surface area (Å²) in [7, 11) is 0. The average molecular weight is 355 g/mol. The zero-order chi connectivity index (χ0) is 17.3. The molecule has 1 heterocycles. The molecule has 3 rings (SSSR count). The Morgan fingerprint density at radius 1 is 1.25 bits per heavy atom. The van der Waals surface area contributed by atoms with Crippen LogP contribution in [-0.4, -0.2) is 11.0 Å². The fourth-order valence-electron chi connectivity index (χ4n) is 3.03. The second-order valence-corrected chi connectivity index (χ2v) is 7.47. The number of hydrogen-bond acceptors (Lipinski definition) is 4. The fourth-order valence-corrected chi connectivity index (χ4v) is 4.53. The van der Waals surface area contributed by atoms with Gasteiger partial charge in [0.1, 0.15) is 11.1 Å². The van der Waals surface area contributed by atoms with Gasteiger partial charge in [-0.25, -0.2) is 0 Å². The van der Waals surface area contributed by atoms with Gasteiger partial charge in [0.05, 0.1) is 5.56 Å².